The molecule has 0 radical (unpaired) electrons. The summed E-state index contributed by atoms with van der Waals surface area (Å²) in [6.45, 7) is 4.15. The predicted octanol–water partition coefficient (Wildman–Crippen LogP) is 8.94. The second-order valence-corrected chi connectivity index (χ2v) is 9.31. The fourth-order valence-corrected chi connectivity index (χ4v) is 5.32. The maximum absolute atomic E-state index is 15.8. The Labute approximate surface area is 198 Å². The molecule has 1 nitrogen and oxygen atoms in total. The first-order chi connectivity index (χ1) is 16.2. The first-order valence-electron chi connectivity index (χ1n) is 12.3. The van der Waals surface area contributed by atoms with Crippen molar-refractivity contribution >= 4 is 0 Å². The van der Waals surface area contributed by atoms with Crippen LogP contribution in [0.5, 0.6) is 0 Å². The first kappa shape index (κ1) is 23.4. The van der Waals surface area contributed by atoms with Crippen molar-refractivity contribution < 1.29 is 9.13 Å². The largest absolute Gasteiger partial charge is 0.380 e. The first-order valence-corrected chi connectivity index (χ1v) is 12.3. The summed E-state index contributed by atoms with van der Waals surface area (Å²) in [5.41, 5.74) is 6.03. The number of unbranched alkanes of at least 4 members (excludes halogenated alkanes) is 1. The number of allylic oxidation sites excluding steroid dienone is 1. The molecule has 33 heavy (non-hydrogen) atoms. The average Bonchev–Trinajstić information content (AvgIpc) is 2.87. The topological polar surface area (TPSA) is 9.23 Å². The van der Waals surface area contributed by atoms with Crippen LogP contribution in [-0.2, 0) is 11.3 Å². The Bertz CT molecular complexity index is 1030. The van der Waals surface area contributed by atoms with Crippen molar-refractivity contribution in [1.29, 1.82) is 0 Å². The zero-order chi connectivity index (χ0) is 23.0. The van der Waals surface area contributed by atoms with Crippen molar-refractivity contribution in [2.45, 2.75) is 57.5 Å². The van der Waals surface area contributed by atoms with E-state index in [0.29, 0.717) is 12.2 Å². The van der Waals surface area contributed by atoms with Gasteiger partial charge in [0.05, 0.1) is 6.61 Å². The zero-order valence-electron chi connectivity index (χ0n) is 19.7. The molecule has 1 aliphatic rings. The number of halogens is 1. The van der Waals surface area contributed by atoms with Gasteiger partial charge in [0, 0.05) is 12.7 Å². The van der Waals surface area contributed by atoms with Crippen LogP contribution in [0.2, 0.25) is 0 Å². The third kappa shape index (κ3) is 5.62. The summed E-state index contributed by atoms with van der Waals surface area (Å²) in [5, 5.41) is 0. The summed E-state index contributed by atoms with van der Waals surface area (Å²) in [6, 6.07) is 22.9. The highest BCUT2D eigenvalue weighted by Gasteiger charge is 2.27. The molecule has 0 heterocycles. The Kier molecular flexibility index (Phi) is 8.12. The lowest BCUT2D eigenvalue weighted by Gasteiger charge is -2.31. The Hall–Kier alpha value is -2.71. The van der Waals surface area contributed by atoms with Gasteiger partial charge < -0.3 is 4.74 Å². The van der Waals surface area contributed by atoms with Crippen LogP contribution < -0.4 is 0 Å². The minimum absolute atomic E-state index is 0.0726. The van der Waals surface area contributed by atoms with Crippen molar-refractivity contribution in [3.63, 3.8) is 0 Å². The molecule has 3 aromatic carbocycles. The summed E-state index contributed by atoms with van der Waals surface area (Å²) in [5.74, 6) is 0.956. The molecule has 0 N–H and O–H groups in total. The Morgan fingerprint density at radius 1 is 0.879 bits per heavy atom. The smallest absolute Gasteiger partial charge is 0.132 e. The molecule has 2 heteroatoms. The van der Waals surface area contributed by atoms with Crippen molar-refractivity contribution in [2.24, 2.45) is 5.92 Å². The second kappa shape index (κ2) is 11.4. The van der Waals surface area contributed by atoms with Gasteiger partial charge in [-0.2, -0.15) is 0 Å². The van der Waals surface area contributed by atoms with E-state index in [1.54, 1.807) is 7.11 Å². The zero-order valence-corrected chi connectivity index (χ0v) is 19.7. The van der Waals surface area contributed by atoms with E-state index in [1.807, 2.05) is 18.2 Å². The van der Waals surface area contributed by atoms with E-state index < -0.39 is 0 Å². The molecule has 1 saturated carbocycles. The van der Waals surface area contributed by atoms with E-state index in [1.165, 1.54) is 36.8 Å². The third-order valence-electron chi connectivity index (χ3n) is 7.14. The fraction of sp³-hybridized carbons (Fsp3) is 0.355. The van der Waals surface area contributed by atoms with Gasteiger partial charge in [-0.05, 0) is 78.2 Å². The van der Waals surface area contributed by atoms with Gasteiger partial charge in [0.15, 0.2) is 0 Å². The van der Waals surface area contributed by atoms with E-state index in [0.717, 1.165) is 41.9 Å². The lowest BCUT2D eigenvalue weighted by molar-refractivity contribution is 0.181. The molecule has 172 valence electrons. The van der Waals surface area contributed by atoms with Crippen molar-refractivity contribution in [3.05, 3.63) is 96.3 Å². The average molecular weight is 443 g/mol. The van der Waals surface area contributed by atoms with E-state index in [2.05, 4.69) is 61.2 Å². The van der Waals surface area contributed by atoms with Crippen LogP contribution in [0.1, 0.15) is 62.0 Å². The van der Waals surface area contributed by atoms with E-state index >= 15 is 4.39 Å². The summed E-state index contributed by atoms with van der Waals surface area (Å²) in [7, 11) is 1.63. The molecular formula is C31H35FO. The maximum atomic E-state index is 15.8. The Morgan fingerprint density at radius 3 is 2.21 bits per heavy atom. The molecule has 0 aliphatic heterocycles. The second-order valence-electron chi connectivity index (χ2n) is 9.31. The van der Waals surface area contributed by atoms with Crippen LogP contribution in [0.25, 0.3) is 22.3 Å². The van der Waals surface area contributed by atoms with E-state index in [-0.39, 0.29) is 11.7 Å². The SMILES string of the molecule is C=CCCCC1CCC(c2c(-c3ccc(-c4ccccc4)cc3)ccc(COC)c2F)CC1. The Morgan fingerprint density at radius 2 is 1.55 bits per heavy atom. The number of methoxy groups -OCH3 is 1. The number of hydrogen-bond donors (Lipinski definition) is 0. The molecular weight excluding hydrogens is 407 g/mol. The molecule has 0 saturated heterocycles. The quantitative estimate of drug-likeness (QED) is 0.237. The predicted molar refractivity (Wildman–Crippen MR) is 137 cm³/mol. The highest BCUT2D eigenvalue weighted by Crippen LogP contribution is 2.43. The van der Waals surface area contributed by atoms with Crippen molar-refractivity contribution in [2.75, 3.05) is 7.11 Å². The highest BCUT2D eigenvalue weighted by atomic mass is 19.1. The molecule has 0 unspecified atom stereocenters. The lowest BCUT2D eigenvalue weighted by atomic mass is 9.75. The third-order valence-corrected chi connectivity index (χ3v) is 7.14. The van der Waals surface area contributed by atoms with Crippen LogP contribution in [-0.4, -0.2) is 7.11 Å². The molecule has 0 spiro atoms. The van der Waals surface area contributed by atoms with Gasteiger partial charge in [-0.1, -0.05) is 79.2 Å². The molecule has 3 aromatic rings. The van der Waals surface area contributed by atoms with E-state index in [9.17, 15) is 0 Å². The molecule has 4 rings (SSSR count). The molecule has 0 atom stereocenters. The van der Waals surface area contributed by atoms with Gasteiger partial charge in [0.25, 0.3) is 0 Å². The fourth-order valence-electron chi connectivity index (χ4n) is 5.32. The monoisotopic (exact) mass is 442 g/mol. The van der Waals surface area contributed by atoms with Gasteiger partial charge in [-0.3, -0.25) is 0 Å². The van der Waals surface area contributed by atoms with Gasteiger partial charge in [0.1, 0.15) is 5.82 Å². The summed E-state index contributed by atoms with van der Waals surface area (Å²) in [6.07, 6.45) is 10.1. The van der Waals surface area contributed by atoms with Gasteiger partial charge in [-0.15, -0.1) is 6.58 Å². The van der Waals surface area contributed by atoms with Crippen LogP contribution in [0.15, 0.2) is 79.4 Å². The molecule has 1 fully saturated rings. The lowest BCUT2D eigenvalue weighted by Crippen LogP contribution is -2.16. The molecule has 0 aromatic heterocycles. The molecule has 0 amide bonds. The van der Waals surface area contributed by atoms with Gasteiger partial charge >= 0.3 is 0 Å². The minimum atomic E-state index is -0.0726. The molecule has 0 bridgehead atoms. The number of rotatable bonds is 9. The van der Waals surface area contributed by atoms with Crippen molar-refractivity contribution in [1.82, 2.24) is 0 Å². The summed E-state index contributed by atoms with van der Waals surface area (Å²) in [4.78, 5) is 0. The normalized spacial score (nSPS) is 18.2. The number of ether oxygens (including phenoxy) is 1. The summed E-state index contributed by atoms with van der Waals surface area (Å²) < 4.78 is 21.1. The summed E-state index contributed by atoms with van der Waals surface area (Å²) >= 11 is 0. The number of hydrogen-bond acceptors (Lipinski definition) is 1. The van der Waals surface area contributed by atoms with E-state index in [4.69, 9.17) is 4.74 Å². The minimum Gasteiger partial charge on any atom is -0.380 e. The van der Waals surface area contributed by atoms with Crippen LogP contribution in [0, 0.1) is 11.7 Å². The molecule has 1 aliphatic carbocycles. The van der Waals surface area contributed by atoms with Crippen molar-refractivity contribution in [3.8, 4) is 22.3 Å². The van der Waals surface area contributed by atoms with Crippen LogP contribution in [0.4, 0.5) is 4.39 Å². The van der Waals surface area contributed by atoms with Crippen LogP contribution in [0.3, 0.4) is 0 Å². The standard InChI is InChI=1S/C31H35FO/c1-3-4-6-9-23-12-14-27(15-13-23)30-29(21-20-28(22-33-2)31(30)32)26-18-16-25(17-19-26)24-10-7-5-8-11-24/h3,5,7-8,10-11,16-21,23,27H,1,4,6,9,12-15,22H2,2H3. The van der Waals surface area contributed by atoms with Gasteiger partial charge in [-0.25, -0.2) is 4.39 Å². The maximum Gasteiger partial charge on any atom is 0.132 e. The number of benzene rings is 3. The Balaban J connectivity index is 1.61. The highest BCUT2D eigenvalue weighted by molar-refractivity contribution is 5.73. The van der Waals surface area contributed by atoms with Gasteiger partial charge in [0.2, 0.25) is 0 Å². The van der Waals surface area contributed by atoms with Crippen LogP contribution >= 0.6 is 0 Å².